The van der Waals surface area contributed by atoms with E-state index in [0.717, 1.165) is 11.5 Å². The van der Waals surface area contributed by atoms with E-state index in [9.17, 15) is 18.0 Å². The summed E-state index contributed by atoms with van der Waals surface area (Å²) in [5.74, 6) is -0.454. The maximum absolute atomic E-state index is 12.7. The Hall–Kier alpha value is -2.28. The highest BCUT2D eigenvalue weighted by molar-refractivity contribution is 7.81. The van der Waals surface area contributed by atoms with Crippen LogP contribution in [-0.4, -0.2) is 76.4 Å². The van der Waals surface area contributed by atoms with Gasteiger partial charge in [-0.15, -0.1) is 4.28 Å². The van der Waals surface area contributed by atoms with E-state index in [1.807, 2.05) is 6.92 Å². The molecule has 3 rings (SSSR count). The molecule has 1 aromatic carbocycles. The average Bonchev–Trinajstić information content (AvgIpc) is 3.04. The third-order valence-electron chi connectivity index (χ3n) is 5.68. The Morgan fingerprint density at radius 2 is 1.88 bits per heavy atom. The van der Waals surface area contributed by atoms with Gasteiger partial charge in [0.15, 0.2) is 5.75 Å². The SMILES string of the molecule is COc1ccc(Cl)c(OC)c1C(=O)OCC(C)(C)COS(=O)(=O)ON1C(=O)N2C[C@H]1CC[C@H]2C. The third-order valence-corrected chi connectivity index (χ3v) is 6.73. The van der Waals surface area contributed by atoms with Gasteiger partial charge in [0.05, 0.1) is 38.5 Å². The molecular weight excluding hydrogens is 492 g/mol. The average molecular weight is 521 g/mol. The summed E-state index contributed by atoms with van der Waals surface area (Å²) in [5, 5.41) is 1.07. The van der Waals surface area contributed by atoms with Gasteiger partial charge in [-0.1, -0.05) is 25.4 Å². The van der Waals surface area contributed by atoms with Crippen molar-refractivity contribution in [1.82, 2.24) is 9.96 Å². The van der Waals surface area contributed by atoms with Crippen molar-refractivity contribution in [3.63, 3.8) is 0 Å². The Kier molecular flexibility index (Phi) is 7.85. The highest BCUT2D eigenvalue weighted by Crippen LogP contribution is 2.36. The van der Waals surface area contributed by atoms with Gasteiger partial charge >= 0.3 is 22.4 Å². The second kappa shape index (κ2) is 10.1. The molecule has 2 aliphatic heterocycles. The molecule has 2 saturated heterocycles. The molecule has 2 aliphatic rings. The fourth-order valence-corrected chi connectivity index (χ4v) is 4.87. The lowest BCUT2D eigenvalue weighted by atomic mass is 9.96. The summed E-state index contributed by atoms with van der Waals surface area (Å²) >= 11 is 6.09. The van der Waals surface area contributed by atoms with Crippen molar-refractivity contribution in [2.24, 2.45) is 5.41 Å². The molecule has 0 unspecified atom stereocenters. The van der Waals surface area contributed by atoms with E-state index in [1.54, 1.807) is 18.7 Å². The van der Waals surface area contributed by atoms with Gasteiger partial charge in [-0.25, -0.2) is 13.8 Å². The molecule has 2 heterocycles. The van der Waals surface area contributed by atoms with E-state index in [-0.39, 0.29) is 47.4 Å². The maximum Gasteiger partial charge on any atom is 0.421 e. The number of esters is 1. The number of amides is 2. The van der Waals surface area contributed by atoms with Crippen molar-refractivity contribution in [3.05, 3.63) is 22.7 Å². The smallest absolute Gasteiger partial charge is 0.421 e. The Morgan fingerprint density at radius 3 is 2.50 bits per heavy atom. The lowest BCUT2D eigenvalue weighted by molar-refractivity contribution is -0.0418. The summed E-state index contributed by atoms with van der Waals surface area (Å²) in [6.07, 6.45) is 1.40. The first kappa shape index (κ1) is 26.3. The van der Waals surface area contributed by atoms with Crippen LogP contribution in [0.4, 0.5) is 4.79 Å². The van der Waals surface area contributed by atoms with Crippen LogP contribution in [0.15, 0.2) is 12.1 Å². The first-order valence-electron chi connectivity index (χ1n) is 10.7. The number of urea groups is 1. The predicted octanol–water partition coefficient (Wildman–Crippen LogP) is 3.02. The zero-order valence-electron chi connectivity index (χ0n) is 19.7. The molecule has 2 amide bonds. The molecule has 0 spiro atoms. The van der Waals surface area contributed by atoms with Crippen LogP contribution in [0, 0.1) is 5.41 Å². The van der Waals surface area contributed by atoms with Crippen LogP contribution in [0.3, 0.4) is 0 Å². The molecule has 0 radical (unpaired) electrons. The Labute approximate surface area is 204 Å². The molecule has 2 atom stereocenters. The maximum atomic E-state index is 12.7. The van der Waals surface area contributed by atoms with Gasteiger partial charge in [0, 0.05) is 18.0 Å². The van der Waals surface area contributed by atoms with Crippen molar-refractivity contribution in [2.45, 2.75) is 45.7 Å². The second-order valence-electron chi connectivity index (χ2n) is 8.98. The number of fused-ring (bicyclic) bond motifs is 2. The molecule has 190 valence electrons. The van der Waals surface area contributed by atoms with E-state index in [2.05, 4.69) is 0 Å². The summed E-state index contributed by atoms with van der Waals surface area (Å²) in [5.41, 5.74) is -0.915. The highest BCUT2D eigenvalue weighted by Gasteiger charge is 2.46. The Bertz CT molecular complexity index is 1050. The monoisotopic (exact) mass is 520 g/mol. The lowest BCUT2D eigenvalue weighted by Crippen LogP contribution is -2.38. The molecule has 1 aromatic rings. The topological polar surface area (TPSA) is 121 Å². The van der Waals surface area contributed by atoms with Gasteiger partial charge < -0.3 is 19.1 Å². The quantitative estimate of drug-likeness (QED) is 0.428. The van der Waals surface area contributed by atoms with Crippen LogP contribution in [0.25, 0.3) is 0 Å². The van der Waals surface area contributed by atoms with Crippen LogP contribution in [0.1, 0.15) is 44.0 Å². The van der Waals surface area contributed by atoms with E-state index in [1.165, 1.54) is 26.4 Å². The summed E-state index contributed by atoms with van der Waals surface area (Å²) in [6.45, 7) is 5.04. The van der Waals surface area contributed by atoms with Gasteiger partial charge in [0.25, 0.3) is 0 Å². The number of halogens is 1. The number of ether oxygens (including phenoxy) is 3. The summed E-state index contributed by atoms with van der Waals surface area (Å²) in [7, 11) is -1.78. The number of nitrogens with zero attached hydrogens (tertiary/aromatic N) is 2. The zero-order chi connectivity index (χ0) is 25.3. The van der Waals surface area contributed by atoms with Crippen LogP contribution < -0.4 is 9.47 Å². The predicted molar refractivity (Wildman–Crippen MR) is 121 cm³/mol. The fraction of sp³-hybridized carbons (Fsp3) is 0.619. The second-order valence-corrected chi connectivity index (χ2v) is 10.6. The van der Waals surface area contributed by atoms with Crippen LogP contribution in [0.2, 0.25) is 5.02 Å². The Balaban J connectivity index is 1.59. The van der Waals surface area contributed by atoms with Crippen molar-refractivity contribution < 1.29 is 40.7 Å². The van der Waals surface area contributed by atoms with Gasteiger partial charge in [-0.3, -0.25) is 0 Å². The molecule has 0 saturated carbocycles. The fourth-order valence-electron chi connectivity index (χ4n) is 3.75. The molecule has 0 aromatic heterocycles. The van der Waals surface area contributed by atoms with E-state index in [0.29, 0.717) is 13.0 Å². The summed E-state index contributed by atoms with van der Waals surface area (Å²) < 4.78 is 50.6. The van der Waals surface area contributed by atoms with E-state index in [4.69, 9.17) is 34.3 Å². The minimum absolute atomic E-state index is 0.00747. The molecule has 11 nitrogen and oxygen atoms in total. The van der Waals surface area contributed by atoms with Gasteiger partial charge in [0.1, 0.15) is 11.3 Å². The molecule has 2 bridgehead atoms. The minimum atomic E-state index is -4.52. The van der Waals surface area contributed by atoms with Crippen LogP contribution in [0.5, 0.6) is 11.5 Å². The molecule has 13 heteroatoms. The van der Waals surface area contributed by atoms with Gasteiger partial charge in [-0.2, -0.15) is 13.5 Å². The van der Waals surface area contributed by atoms with Gasteiger partial charge in [0.2, 0.25) is 0 Å². The first-order valence-corrected chi connectivity index (χ1v) is 12.4. The summed E-state index contributed by atoms with van der Waals surface area (Å²) in [6, 6.07) is 2.20. The molecular formula is C21H29ClN2O9S. The molecule has 2 fully saturated rings. The number of carbonyl (C=O) groups is 2. The van der Waals surface area contributed by atoms with Crippen molar-refractivity contribution in [1.29, 1.82) is 0 Å². The number of hydrogen-bond donors (Lipinski definition) is 0. The number of rotatable bonds is 10. The largest absolute Gasteiger partial charge is 0.496 e. The Morgan fingerprint density at radius 1 is 1.18 bits per heavy atom. The number of benzene rings is 1. The van der Waals surface area contributed by atoms with Gasteiger partial charge in [-0.05, 0) is 31.9 Å². The number of piperidine rings is 1. The molecule has 0 aliphatic carbocycles. The molecule has 34 heavy (non-hydrogen) atoms. The van der Waals surface area contributed by atoms with Crippen LogP contribution >= 0.6 is 11.6 Å². The minimum Gasteiger partial charge on any atom is -0.496 e. The normalized spacial score (nSPS) is 20.5. The van der Waals surface area contributed by atoms with E-state index >= 15 is 0 Å². The highest BCUT2D eigenvalue weighted by atomic mass is 35.5. The molecule has 0 N–H and O–H groups in total. The number of carbonyl (C=O) groups excluding carboxylic acids is 2. The van der Waals surface area contributed by atoms with Crippen LogP contribution in [-0.2, 0) is 23.6 Å². The van der Waals surface area contributed by atoms with Crippen molar-refractivity contribution >= 4 is 34.0 Å². The summed E-state index contributed by atoms with van der Waals surface area (Å²) in [4.78, 5) is 26.7. The number of hydroxylamine groups is 2. The third kappa shape index (κ3) is 5.68. The van der Waals surface area contributed by atoms with Crippen molar-refractivity contribution in [2.75, 3.05) is 34.0 Å². The van der Waals surface area contributed by atoms with E-state index < -0.39 is 27.8 Å². The first-order chi connectivity index (χ1) is 15.9. The lowest BCUT2D eigenvalue weighted by Gasteiger charge is -2.27. The standard InChI is InChI=1S/C21H29ClN2O9S/c1-13-6-7-14-10-23(13)20(26)24(14)33-34(27,28)32-12-21(2,3)11-31-19(25)17-16(29-4)9-8-15(22)18(17)30-5/h8-9,13-14H,6-7,10-12H2,1-5H3/t13-,14-/m1/s1. The number of methoxy groups -OCH3 is 2. The number of hydrogen-bond acceptors (Lipinski definition) is 9. The zero-order valence-corrected chi connectivity index (χ0v) is 21.3. The van der Waals surface area contributed by atoms with Crippen molar-refractivity contribution in [3.8, 4) is 11.5 Å².